The fourth-order valence-corrected chi connectivity index (χ4v) is 7.04. The lowest BCUT2D eigenvalue weighted by Gasteiger charge is -2.51. The molecule has 4 rings (SSSR count). The van der Waals surface area contributed by atoms with Crippen LogP contribution in [0, 0.1) is 0 Å². The van der Waals surface area contributed by atoms with Gasteiger partial charge in [-0.05, 0) is 0 Å². The predicted molar refractivity (Wildman–Crippen MR) is 174 cm³/mol. The van der Waals surface area contributed by atoms with Gasteiger partial charge in [0.1, 0.15) is 91.5 Å². The lowest BCUT2D eigenvalue weighted by atomic mass is 9.88. The number of carboxylic acids is 1. The summed E-state index contributed by atoms with van der Waals surface area (Å²) < 4.78 is 38.9. The van der Waals surface area contributed by atoms with Gasteiger partial charge in [0.25, 0.3) is 5.79 Å². The van der Waals surface area contributed by atoms with Crippen molar-refractivity contribution < 1.29 is 119 Å². The molecule has 0 aliphatic carbocycles. The van der Waals surface area contributed by atoms with E-state index in [-0.39, 0.29) is 0 Å². The largest absolute Gasteiger partial charge is 0.477 e. The van der Waals surface area contributed by atoms with Crippen LogP contribution in [0.2, 0.25) is 0 Å². The molecule has 4 aliphatic heterocycles. The summed E-state index contributed by atoms with van der Waals surface area (Å²) in [5.41, 5.74) is 0. The Morgan fingerprint density at radius 3 is 1.70 bits per heavy atom. The highest BCUT2D eigenvalue weighted by atomic mass is 16.8. The van der Waals surface area contributed by atoms with Gasteiger partial charge in [-0.3, -0.25) is 9.59 Å². The zero-order valence-corrected chi connectivity index (χ0v) is 30.4. The second kappa shape index (κ2) is 19.8. The fourth-order valence-electron chi connectivity index (χ4n) is 7.04. The molecule has 4 aliphatic rings. The van der Waals surface area contributed by atoms with Crippen LogP contribution in [0.15, 0.2) is 0 Å². The molecule has 26 nitrogen and oxygen atoms in total. The third-order valence-corrected chi connectivity index (χ3v) is 9.98. The Kier molecular flexibility index (Phi) is 16.4. The summed E-state index contributed by atoms with van der Waals surface area (Å²) in [5.74, 6) is -6.80. The number of nitrogens with one attached hydrogen (secondary N) is 2. The first-order chi connectivity index (χ1) is 26.7. The predicted octanol–water partition coefficient (Wildman–Crippen LogP) is -10.3. The van der Waals surface area contributed by atoms with Gasteiger partial charge in [-0.1, -0.05) is 0 Å². The summed E-state index contributed by atoms with van der Waals surface area (Å²) in [6, 6.07) is -3.34. The summed E-state index contributed by atoms with van der Waals surface area (Å²) in [6.45, 7) is -2.00. The lowest BCUT2D eigenvalue weighted by Crippen LogP contribution is -2.71. The molecule has 2 amide bonds. The molecule has 26 heteroatoms. The van der Waals surface area contributed by atoms with Gasteiger partial charge >= 0.3 is 5.97 Å². The third kappa shape index (κ3) is 10.2. The molecule has 0 spiro atoms. The number of hydrogen-bond donors (Lipinski definition) is 16. The van der Waals surface area contributed by atoms with E-state index in [9.17, 15) is 85.9 Å². The van der Waals surface area contributed by atoms with E-state index >= 15 is 0 Å². The Labute approximate surface area is 322 Å². The molecule has 0 saturated carbocycles. The zero-order valence-electron chi connectivity index (χ0n) is 30.4. The van der Waals surface area contributed by atoms with Crippen LogP contribution in [-0.2, 0) is 47.5 Å². The highest BCUT2D eigenvalue weighted by molar-refractivity contribution is 5.76. The van der Waals surface area contributed by atoms with Crippen LogP contribution in [0.1, 0.15) is 20.3 Å². The van der Waals surface area contributed by atoms with Crippen molar-refractivity contribution in [1.29, 1.82) is 0 Å². The van der Waals surface area contributed by atoms with Gasteiger partial charge in [-0.25, -0.2) is 4.79 Å². The maximum absolute atomic E-state index is 12.8. The molecule has 4 saturated heterocycles. The molecule has 0 bridgehead atoms. The van der Waals surface area contributed by atoms with E-state index in [1.165, 1.54) is 0 Å². The van der Waals surface area contributed by atoms with Gasteiger partial charge in [0, 0.05) is 20.3 Å². The normalized spacial score (nSPS) is 45.1. The van der Waals surface area contributed by atoms with Gasteiger partial charge in [0.05, 0.1) is 38.6 Å². The van der Waals surface area contributed by atoms with Gasteiger partial charge < -0.3 is 115 Å². The number of amides is 2. The average Bonchev–Trinajstić information content (AvgIpc) is 3.16. The summed E-state index contributed by atoms with van der Waals surface area (Å²) in [4.78, 5) is 37.2. The number of carbonyl (C=O) groups is 3. The Morgan fingerprint density at radius 1 is 0.684 bits per heavy atom. The van der Waals surface area contributed by atoms with E-state index in [2.05, 4.69) is 10.6 Å². The smallest absolute Gasteiger partial charge is 0.364 e. The molecule has 0 aromatic heterocycles. The number of hydrogen-bond acceptors (Lipinski definition) is 23. The number of carboxylic acid groups (broad SMARTS) is 1. The fraction of sp³-hybridized carbons (Fsp3) is 0.903. The van der Waals surface area contributed by atoms with E-state index in [1.807, 2.05) is 0 Å². The molecule has 4 heterocycles. The monoisotopic (exact) mass is 836 g/mol. The van der Waals surface area contributed by atoms with E-state index in [0.29, 0.717) is 0 Å². The summed E-state index contributed by atoms with van der Waals surface area (Å²) in [6.07, 6.45) is -36.5. The van der Waals surface area contributed by atoms with Gasteiger partial charge in [0.2, 0.25) is 11.8 Å². The Morgan fingerprint density at radius 2 is 1.18 bits per heavy atom. The molecule has 330 valence electrons. The van der Waals surface area contributed by atoms with E-state index in [0.717, 1.165) is 13.8 Å². The molecule has 16 N–H and O–H groups in total. The van der Waals surface area contributed by atoms with Crippen molar-refractivity contribution in [3.05, 3.63) is 0 Å². The van der Waals surface area contributed by atoms with Crippen molar-refractivity contribution in [2.45, 2.75) is 149 Å². The highest BCUT2D eigenvalue weighted by Gasteiger charge is 2.60. The quantitative estimate of drug-likeness (QED) is 0.0728. The average molecular weight is 837 g/mol. The minimum Gasteiger partial charge on any atom is -0.477 e. The second-order valence-electron chi connectivity index (χ2n) is 14.0. The minimum absolute atomic E-state index is 0.792. The Balaban J connectivity index is 1.69. The van der Waals surface area contributed by atoms with Crippen LogP contribution in [0.5, 0.6) is 0 Å². The van der Waals surface area contributed by atoms with Crippen molar-refractivity contribution in [2.24, 2.45) is 0 Å². The summed E-state index contributed by atoms with van der Waals surface area (Å²) >= 11 is 0. The Bertz CT molecular complexity index is 1350. The number of aliphatic hydroxyl groups excluding tert-OH is 13. The Hall–Kier alpha value is -2.39. The molecule has 0 aromatic rings. The van der Waals surface area contributed by atoms with Crippen molar-refractivity contribution in [1.82, 2.24) is 10.6 Å². The standard InChI is InChI=1S/C31H52N2O24/c1-8(38)32-15-10(40)3-31(30(49)50,56-24(15)17(42)11(41)4-34)57-26-20(45)14(7-37)53-29(22(26)47)54-23-16(33-9(2)39)28(52-13(6-36)18(23)43)55-25-19(44)12(5-35)51-27(48)21(25)46/h10-29,34-37,40-48H,3-7H2,1-2H3,(H,32,38)(H,33,39)(H,49,50)/t10-,11+,12+,13+,14+,15+,16+,17+,18-,19-,20-,21+,22+,23+,24+,25-,26-,27?,28-,29-,31-/m0/s1. The molecule has 0 radical (unpaired) electrons. The van der Waals surface area contributed by atoms with Crippen LogP contribution in [0.4, 0.5) is 0 Å². The summed E-state index contributed by atoms with van der Waals surface area (Å²) in [5, 5.41) is 151. The topological polar surface area (TPSA) is 423 Å². The van der Waals surface area contributed by atoms with Crippen molar-refractivity contribution in [2.75, 3.05) is 26.4 Å². The number of carbonyl (C=O) groups excluding carboxylic acids is 2. The van der Waals surface area contributed by atoms with Crippen LogP contribution in [-0.4, -0.2) is 244 Å². The van der Waals surface area contributed by atoms with E-state index in [1.54, 1.807) is 0 Å². The van der Waals surface area contributed by atoms with Crippen molar-refractivity contribution >= 4 is 17.8 Å². The first-order valence-corrected chi connectivity index (χ1v) is 17.7. The molecular formula is C31H52N2O24. The lowest BCUT2D eigenvalue weighted by molar-refractivity contribution is -0.385. The highest BCUT2D eigenvalue weighted by Crippen LogP contribution is 2.39. The van der Waals surface area contributed by atoms with E-state index < -0.39 is 179 Å². The molecule has 1 unspecified atom stereocenters. The third-order valence-electron chi connectivity index (χ3n) is 9.98. The van der Waals surface area contributed by atoms with Gasteiger partial charge in [-0.2, -0.15) is 0 Å². The van der Waals surface area contributed by atoms with E-state index in [4.69, 9.17) is 33.2 Å². The summed E-state index contributed by atoms with van der Waals surface area (Å²) in [7, 11) is 0. The maximum Gasteiger partial charge on any atom is 0.364 e. The van der Waals surface area contributed by atoms with Crippen LogP contribution in [0.3, 0.4) is 0 Å². The second-order valence-corrected chi connectivity index (χ2v) is 14.0. The number of aliphatic hydroxyl groups is 13. The maximum atomic E-state index is 12.8. The zero-order chi connectivity index (χ0) is 42.7. The van der Waals surface area contributed by atoms with Gasteiger partial charge in [-0.15, -0.1) is 0 Å². The number of ether oxygens (including phenoxy) is 7. The van der Waals surface area contributed by atoms with Gasteiger partial charge in [0.15, 0.2) is 18.9 Å². The number of rotatable bonds is 15. The SMILES string of the molecule is CC(=O)N[C@H]1[C@H](O[C@H]2[C@@H](O)[C@@H](CO)OC(O)[C@@H]2O)O[C@H](CO)[C@H](O)[C@@H]1O[C@@H]1O[C@H](CO)[C@H](O)[C@H](O[C@]2(C(=O)O)C[C@H](O)[C@@H](NC(C)=O)[C@H]([C@H](O)[C@H](O)CO)O2)[C@H]1O. The molecule has 57 heavy (non-hydrogen) atoms. The van der Waals surface area contributed by atoms with Crippen molar-refractivity contribution in [3.63, 3.8) is 0 Å². The van der Waals surface area contributed by atoms with Crippen LogP contribution < -0.4 is 10.6 Å². The first-order valence-electron chi connectivity index (χ1n) is 17.7. The number of aliphatic carboxylic acids is 1. The minimum atomic E-state index is -3.13. The van der Waals surface area contributed by atoms with Crippen LogP contribution in [0.25, 0.3) is 0 Å². The molecule has 4 fully saturated rings. The molecule has 0 aromatic carbocycles. The molecule has 21 atom stereocenters. The van der Waals surface area contributed by atoms with Crippen LogP contribution >= 0.6 is 0 Å². The first kappa shape index (κ1) is 47.3. The van der Waals surface area contributed by atoms with Crippen molar-refractivity contribution in [3.8, 4) is 0 Å². The molecular weight excluding hydrogens is 784 g/mol.